The van der Waals surface area contributed by atoms with Crippen molar-refractivity contribution in [2.45, 2.75) is 13.8 Å². The molecule has 0 unspecified atom stereocenters. The lowest BCUT2D eigenvalue weighted by molar-refractivity contribution is -0.255. The summed E-state index contributed by atoms with van der Waals surface area (Å²) in [5, 5.41) is 8.50. The molecule has 1 aromatic carbocycles. The van der Waals surface area contributed by atoms with Crippen LogP contribution in [0.5, 0.6) is 0 Å². The minimum Gasteiger partial charge on any atom is -0.296 e. The topological polar surface area (TPSA) is 99.1 Å². The van der Waals surface area contributed by atoms with E-state index in [9.17, 15) is 14.4 Å². The van der Waals surface area contributed by atoms with Crippen LogP contribution in [0.25, 0.3) is 0 Å². The van der Waals surface area contributed by atoms with Gasteiger partial charge in [0.1, 0.15) is 0 Å². The third-order valence-electron chi connectivity index (χ3n) is 1.44. The summed E-state index contributed by atoms with van der Waals surface area (Å²) in [4.78, 5) is 41.4. The zero-order valence-corrected chi connectivity index (χ0v) is 10.8. The Hall–Kier alpha value is -2.12. The number of hydrogen-bond donors (Lipinski definition) is 1. The van der Waals surface area contributed by atoms with Crippen LogP contribution in [-0.2, 0) is 24.3 Å². The molecule has 0 saturated carbocycles. The van der Waals surface area contributed by atoms with E-state index in [2.05, 4.69) is 14.7 Å². The van der Waals surface area contributed by atoms with Crippen molar-refractivity contribution in [3.8, 4) is 0 Å². The van der Waals surface area contributed by atoms with Crippen LogP contribution in [0.15, 0.2) is 24.3 Å². The molecule has 1 aromatic rings. The van der Waals surface area contributed by atoms with E-state index < -0.39 is 17.9 Å². The van der Waals surface area contributed by atoms with Gasteiger partial charge in [-0.1, -0.05) is 11.6 Å². The third kappa shape index (κ3) is 8.58. The molecule has 0 aliphatic rings. The molecule has 0 fully saturated rings. The van der Waals surface area contributed by atoms with E-state index in [0.717, 1.165) is 13.8 Å². The van der Waals surface area contributed by atoms with Crippen LogP contribution in [0.3, 0.4) is 0 Å². The second kappa shape index (κ2) is 8.90. The molecule has 0 aliphatic carbocycles. The molecule has 0 saturated heterocycles. The fourth-order valence-electron chi connectivity index (χ4n) is 0.756. The van der Waals surface area contributed by atoms with Gasteiger partial charge >= 0.3 is 17.9 Å². The number of halogens is 1. The second-order valence-corrected chi connectivity index (χ2v) is 3.47. The smallest absolute Gasteiger partial charge is 0.296 e. The van der Waals surface area contributed by atoms with Crippen molar-refractivity contribution in [1.82, 2.24) is 0 Å². The molecule has 0 bridgehead atoms. The van der Waals surface area contributed by atoms with Gasteiger partial charge in [-0.15, -0.1) is 0 Å². The SMILES string of the molecule is CC(=O)OOC(C)=O.O=C(OO)c1ccc(Cl)cc1. The number of benzene rings is 1. The van der Waals surface area contributed by atoms with Crippen LogP contribution in [0, 0.1) is 0 Å². The first kappa shape index (κ1) is 16.9. The van der Waals surface area contributed by atoms with Gasteiger partial charge in [0.2, 0.25) is 0 Å². The van der Waals surface area contributed by atoms with Gasteiger partial charge in [0, 0.05) is 18.9 Å². The van der Waals surface area contributed by atoms with Gasteiger partial charge in [-0.2, -0.15) is 5.26 Å². The predicted molar refractivity (Wildman–Crippen MR) is 63.0 cm³/mol. The van der Waals surface area contributed by atoms with Gasteiger partial charge in [-0.3, -0.25) is 4.89 Å². The molecule has 8 heteroatoms. The third-order valence-corrected chi connectivity index (χ3v) is 1.69. The zero-order chi connectivity index (χ0) is 14.8. The highest BCUT2D eigenvalue weighted by molar-refractivity contribution is 6.30. The fraction of sp³-hybridized carbons (Fsp3) is 0.182. The molecule has 0 heterocycles. The van der Waals surface area contributed by atoms with Gasteiger partial charge < -0.3 is 0 Å². The quantitative estimate of drug-likeness (QED) is 0.623. The van der Waals surface area contributed by atoms with Gasteiger partial charge in [-0.05, 0) is 24.3 Å². The number of carbonyl (C=O) groups is 3. The van der Waals surface area contributed by atoms with Gasteiger partial charge in [0.15, 0.2) is 0 Å². The Morgan fingerprint density at radius 3 is 1.74 bits per heavy atom. The minimum absolute atomic E-state index is 0.261. The fourth-order valence-corrected chi connectivity index (χ4v) is 0.882. The van der Waals surface area contributed by atoms with Crippen LogP contribution in [0.1, 0.15) is 24.2 Å². The molecule has 0 spiro atoms. The summed E-state index contributed by atoms with van der Waals surface area (Å²) >= 11 is 5.54. The molecule has 0 aliphatic heterocycles. The Morgan fingerprint density at radius 1 is 1.00 bits per heavy atom. The first-order valence-corrected chi connectivity index (χ1v) is 5.21. The normalized spacial score (nSPS) is 8.63. The van der Waals surface area contributed by atoms with E-state index in [1.54, 1.807) is 0 Å². The maximum absolute atomic E-state index is 10.6. The van der Waals surface area contributed by atoms with Crippen molar-refractivity contribution >= 4 is 29.5 Å². The molecule has 7 nitrogen and oxygen atoms in total. The zero-order valence-electron chi connectivity index (χ0n) is 10.1. The Kier molecular flexibility index (Phi) is 7.90. The summed E-state index contributed by atoms with van der Waals surface area (Å²) in [6.07, 6.45) is 0. The van der Waals surface area contributed by atoms with Crippen molar-refractivity contribution in [1.29, 1.82) is 0 Å². The van der Waals surface area contributed by atoms with E-state index >= 15 is 0 Å². The van der Waals surface area contributed by atoms with Crippen molar-refractivity contribution in [2.75, 3.05) is 0 Å². The van der Waals surface area contributed by atoms with Crippen LogP contribution >= 0.6 is 11.6 Å². The van der Waals surface area contributed by atoms with E-state index in [1.165, 1.54) is 24.3 Å². The summed E-state index contributed by atoms with van der Waals surface area (Å²) in [6, 6.07) is 5.99. The summed E-state index contributed by atoms with van der Waals surface area (Å²) in [6.45, 7) is 2.28. The van der Waals surface area contributed by atoms with Crippen molar-refractivity contribution in [2.24, 2.45) is 0 Å². The molecule has 1 rings (SSSR count). The standard InChI is InChI=1S/C7H5ClO3.C4H6O4/c8-6-3-1-5(2-4-6)7(9)11-10;1-3(5)7-8-4(2)6/h1-4,10H;1-2H3. The van der Waals surface area contributed by atoms with Crippen molar-refractivity contribution in [3.63, 3.8) is 0 Å². The van der Waals surface area contributed by atoms with Crippen molar-refractivity contribution < 1.29 is 34.3 Å². The highest BCUT2D eigenvalue weighted by Gasteiger charge is 2.04. The Balaban J connectivity index is 0.000000362. The van der Waals surface area contributed by atoms with Gasteiger partial charge in [0.25, 0.3) is 0 Å². The molecule has 0 atom stereocenters. The average Bonchev–Trinajstić information content (AvgIpc) is 2.37. The number of hydrogen-bond acceptors (Lipinski definition) is 7. The predicted octanol–water partition coefficient (Wildman–Crippen LogP) is 2.00. The molecular weight excluding hydrogens is 280 g/mol. The number of rotatable bonds is 1. The largest absolute Gasteiger partial charge is 0.372 e. The van der Waals surface area contributed by atoms with Crippen LogP contribution in [-0.4, -0.2) is 23.2 Å². The highest BCUT2D eigenvalue weighted by atomic mass is 35.5. The molecule has 1 N–H and O–H groups in total. The summed E-state index contributed by atoms with van der Waals surface area (Å²) in [7, 11) is 0. The Bertz CT molecular complexity index is 427. The maximum Gasteiger partial charge on any atom is 0.372 e. The van der Waals surface area contributed by atoms with Crippen LogP contribution < -0.4 is 0 Å². The first-order chi connectivity index (χ1) is 8.86. The first-order valence-electron chi connectivity index (χ1n) is 4.83. The Morgan fingerprint density at radius 2 is 1.42 bits per heavy atom. The monoisotopic (exact) mass is 290 g/mol. The molecular formula is C11H11ClO7. The van der Waals surface area contributed by atoms with E-state index in [1.807, 2.05) is 0 Å². The summed E-state index contributed by atoms with van der Waals surface area (Å²) < 4.78 is 0. The summed E-state index contributed by atoms with van der Waals surface area (Å²) in [5.74, 6) is -2.07. The van der Waals surface area contributed by atoms with Crippen LogP contribution in [0.2, 0.25) is 5.02 Å². The van der Waals surface area contributed by atoms with Crippen LogP contribution in [0.4, 0.5) is 0 Å². The average molecular weight is 291 g/mol. The lowest BCUT2D eigenvalue weighted by Gasteiger charge is -1.94. The molecule has 0 radical (unpaired) electrons. The maximum atomic E-state index is 10.6. The highest BCUT2D eigenvalue weighted by Crippen LogP contribution is 2.09. The second-order valence-electron chi connectivity index (χ2n) is 3.04. The minimum atomic E-state index is -0.790. The Labute approximate surface area is 113 Å². The summed E-state index contributed by atoms with van der Waals surface area (Å²) in [5.41, 5.74) is 0.261. The number of carbonyl (C=O) groups excluding carboxylic acids is 3. The van der Waals surface area contributed by atoms with Gasteiger partial charge in [-0.25, -0.2) is 24.2 Å². The molecule has 0 aromatic heterocycles. The lowest BCUT2D eigenvalue weighted by Crippen LogP contribution is -2.03. The lowest BCUT2D eigenvalue weighted by atomic mass is 10.2. The van der Waals surface area contributed by atoms with Crippen molar-refractivity contribution in [3.05, 3.63) is 34.9 Å². The van der Waals surface area contributed by atoms with E-state index in [-0.39, 0.29) is 5.56 Å². The van der Waals surface area contributed by atoms with E-state index in [0.29, 0.717) is 5.02 Å². The molecule has 0 amide bonds. The molecule has 19 heavy (non-hydrogen) atoms. The van der Waals surface area contributed by atoms with E-state index in [4.69, 9.17) is 16.9 Å². The van der Waals surface area contributed by atoms with Gasteiger partial charge in [0.05, 0.1) is 5.56 Å². The molecule has 104 valence electrons.